The molecule has 19 heavy (non-hydrogen) atoms. The third kappa shape index (κ3) is 2.40. The number of fused-ring (bicyclic) bond motifs is 3. The number of hydrogen-bond acceptors (Lipinski definition) is 6. The second kappa shape index (κ2) is 4.27. The first-order valence-corrected chi connectivity index (χ1v) is 6.81. The van der Waals surface area contributed by atoms with Crippen molar-refractivity contribution in [1.82, 2.24) is 0 Å². The molecule has 7 heteroatoms. The molecule has 3 saturated heterocycles. The maximum Gasteiger partial charge on any atom is 0.190 e. The lowest BCUT2D eigenvalue weighted by molar-refractivity contribution is -0.349. The van der Waals surface area contributed by atoms with Crippen LogP contribution in [0.1, 0.15) is 27.7 Å². The van der Waals surface area contributed by atoms with Crippen LogP contribution in [0.3, 0.4) is 0 Å². The fraction of sp³-hybridized carbons (Fsp3) is 1.00. The Hall–Kier alpha value is 0.0500. The van der Waals surface area contributed by atoms with E-state index in [1.807, 2.05) is 13.8 Å². The predicted molar refractivity (Wildman–Crippen MR) is 64.4 cm³/mol. The summed E-state index contributed by atoms with van der Waals surface area (Å²) in [4.78, 5) is 0. The monoisotopic (exact) mass is 294 g/mol. The van der Waals surface area contributed by atoms with Crippen LogP contribution in [-0.2, 0) is 23.7 Å². The SMILES string of the molecule is CC1(C)O[C@H]2O[C@H]3[C@H](OC(C)(C)O[C@@H]3C(O)Cl)[C@H]2O1. The average molecular weight is 295 g/mol. The van der Waals surface area contributed by atoms with E-state index < -0.39 is 35.6 Å². The lowest BCUT2D eigenvalue weighted by Crippen LogP contribution is -2.58. The van der Waals surface area contributed by atoms with Gasteiger partial charge in [-0.2, -0.15) is 0 Å². The highest BCUT2D eigenvalue weighted by Gasteiger charge is 2.62. The average Bonchev–Trinajstić information content (AvgIpc) is 2.69. The molecular formula is C12H19ClO6. The number of alkyl halides is 1. The minimum absolute atomic E-state index is 0.346. The predicted octanol–water partition coefficient (Wildman–Crippen LogP) is 0.940. The fourth-order valence-electron chi connectivity index (χ4n) is 2.87. The normalized spacial score (nSPS) is 48.6. The number of aliphatic hydroxyl groups excluding tert-OH is 1. The van der Waals surface area contributed by atoms with Gasteiger partial charge < -0.3 is 28.8 Å². The van der Waals surface area contributed by atoms with Crippen molar-refractivity contribution < 1.29 is 28.8 Å². The van der Waals surface area contributed by atoms with Gasteiger partial charge in [0.15, 0.2) is 23.4 Å². The molecule has 3 fully saturated rings. The second-order valence-corrected chi connectivity index (χ2v) is 6.45. The smallest absolute Gasteiger partial charge is 0.190 e. The van der Waals surface area contributed by atoms with Crippen LogP contribution in [0.25, 0.3) is 0 Å². The van der Waals surface area contributed by atoms with Crippen molar-refractivity contribution in [3.05, 3.63) is 0 Å². The molecule has 110 valence electrons. The molecule has 6 nitrogen and oxygen atoms in total. The van der Waals surface area contributed by atoms with Gasteiger partial charge >= 0.3 is 0 Å². The van der Waals surface area contributed by atoms with Crippen LogP contribution in [0.5, 0.6) is 0 Å². The minimum Gasteiger partial charge on any atom is -0.375 e. The highest BCUT2D eigenvalue weighted by atomic mass is 35.5. The Labute approximate surface area is 116 Å². The van der Waals surface area contributed by atoms with E-state index in [2.05, 4.69) is 0 Å². The topological polar surface area (TPSA) is 66.4 Å². The van der Waals surface area contributed by atoms with Crippen LogP contribution >= 0.6 is 11.6 Å². The Bertz CT molecular complexity index is 371. The molecule has 1 N–H and O–H groups in total. The fourth-order valence-corrected chi connectivity index (χ4v) is 3.06. The maximum atomic E-state index is 9.65. The van der Waals surface area contributed by atoms with Crippen LogP contribution in [0, 0.1) is 0 Å². The van der Waals surface area contributed by atoms with Crippen molar-refractivity contribution in [3.63, 3.8) is 0 Å². The van der Waals surface area contributed by atoms with Gasteiger partial charge in [0.1, 0.15) is 24.4 Å². The zero-order chi connectivity index (χ0) is 14.0. The molecule has 0 aromatic rings. The van der Waals surface area contributed by atoms with Gasteiger partial charge in [0, 0.05) is 0 Å². The number of ether oxygens (including phenoxy) is 5. The van der Waals surface area contributed by atoms with Crippen molar-refractivity contribution in [3.8, 4) is 0 Å². The number of halogens is 1. The number of rotatable bonds is 1. The molecule has 3 heterocycles. The minimum atomic E-state index is -1.18. The molecule has 0 radical (unpaired) electrons. The van der Waals surface area contributed by atoms with E-state index in [1.165, 1.54) is 0 Å². The lowest BCUT2D eigenvalue weighted by atomic mass is 10.0. The molecular weight excluding hydrogens is 276 g/mol. The molecule has 3 aliphatic heterocycles. The van der Waals surface area contributed by atoms with E-state index in [-0.39, 0.29) is 12.2 Å². The molecule has 0 saturated carbocycles. The molecule has 1 unspecified atom stereocenters. The van der Waals surface area contributed by atoms with Gasteiger partial charge in [-0.15, -0.1) is 0 Å². The van der Waals surface area contributed by atoms with Crippen LogP contribution in [0.2, 0.25) is 0 Å². The second-order valence-electron chi connectivity index (χ2n) is 6.01. The van der Waals surface area contributed by atoms with Crippen LogP contribution < -0.4 is 0 Å². The molecule has 3 rings (SSSR count). The molecule has 0 spiro atoms. The Balaban J connectivity index is 1.85. The van der Waals surface area contributed by atoms with E-state index in [4.69, 9.17) is 35.3 Å². The van der Waals surface area contributed by atoms with Crippen molar-refractivity contribution in [2.24, 2.45) is 0 Å². The van der Waals surface area contributed by atoms with Crippen molar-refractivity contribution >= 4 is 11.6 Å². The molecule has 0 aromatic carbocycles. The zero-order valence-corrected chi connectivity index (χ0v) is 12.1. The molecule has 0 amide bonds. The largest absolute Gasteiger partial charge is 0.375 e. The molecule has 3 aliphatic rings. The summed E-state index contributed by atoms with van der Waals surface area (Å²) in [5.74, 6) is -1.57. The summed E-state index contributed by atoms with van der Waals surface area (Å²) in [6, 6.07) is 0. The van der Waals surface area contributed by atoms with Gasteiger partial charge in [-0.25, -0.2) is 0 Å². The Morgan fingerprint density at radius 1 is 0.895 bits per heavy atom. The third-order valence-corrected chi connectivity index (χ3v) is 3.71. The first kappa shape index (κ1) is 14.0. The molecule has 0 aromatic heterocycles. The Morgan fingerprint density at radius 3 is 2.11 bits per heavy atom. The van der Waals surface area contributed by atoms with E-state index in [1.54, 1.807) is 13.8 Å². The van der Waals surface area contributed by atoms with E-state index >= 15 is 0 Å². The van der Waals surface area contributed by atoms with Gasteiger partial charge in [0.2, 0.25) is 0 Å². The van der Waals surface area contributed by atoms with Crippen molar-refractivity contribution in [2.75, 3.05) is 0 Å². The summed E-state index contributed by atoms with van der Waals surface area (Å²) < 4.78 is 28.7. The lowest BCUT2D eigenvalue weighted by Gasteiger charge is -2.44. The molecule has 0 bridgehead atoms. The quantitative estimate of drug-likeness (QED) is 0.726. The zero-order valence-electron chi connectivity index (χ0n) is 11.3. The number of aliphatic hydroxyl groups is 1. The summed E-state index contributed by atoms with van der Waals surface area (Å²) in [7, 11) is 0. The summed E-state index contributed by atoms with van der Waals surface area (Å²) in [6.45, 7) is 7.18. The third-order valence-electron chi connectivity index (χ3n) is 3.46. The summed E-state index contributed by atoms with van der Waals surface area (Å²) in [5, 5.41) is 9.65. The first-order chi connectivity index (χ1) is 8.69. The molecule has 0 aliphatic carbocycles. The van der Waals surface area contributed by atoms with Crippen LogP contribution in [0.4, 0.5) is 0 Å². The highest BCUT2D eigenvalue weighted by Crippen LogP contribution is 2.45. The van der Waals surface area contributed by atoms with Crippen molar-refractivity contribution in [2.45, 2.75) is 75.5 Å². The van der Waals surface area contributed by atoms with Gasteiger partial charge in [0.25, 0.3) is 0 Å². The molecule has 6 atom stereocenters. The summed E-state index contributed by atoms with van der Waals surface area (Å²) in [6.07, 6.45) is -2.45. The van der Waals surface area contributed by atoms with Crippen molar-refractivity contribution in [1.29, 1.82) is 0 Å². The van der Waals surface area contributed by atoms with Gasteiger partial charge in [-0.1, -0.05) is 11.6 Å². The van der Waals surface area contributed by atoms with Crippen LogP contribution in [-0.4, -0.2) is 52.9 Å². The van der Waals surface area contributed by atoms with E-state index in [9.17, 15) is 5.11 Å². The van der Waals surface area contributed by atoms with E-state index in [0.29, 0.717) is 0 Å². The maximum absolute atomic E-state index is 9.65. The highest BCUT2D eigenvalue weighted by molar-refractivity contribution is 6.19. The first-order valence-electron chi connectivity index (χ1n) is 6.37. The van der Waals surface area contributed by atoms with Gasteiger partial charge in [-0.3, -0.25) is 0 Å². The standard InChI is InChI=1S/C12H19ClO6/c1-11(2)16-6-5(7(17-11)9(13)14)15-10-8(6)18-12(3,4)19-10/h5-10,14H,1-4H3/t5-,6-,7-,8+,9?,10+/m0/s1. The Kier molecular flexibility index (Phi) is 3.15. The van der Waals surface area contributed by atoms with E-state index in [0.717, 1.165) is 0 Å². The van der Waals surface area contributed by atoms with Gasteiger partial charge in [-0.05, 0) is 27.7 Å². The van der Waals surface area contributed by atoms with Crippen LogP contribution in [0.15, 0.2) is 0 Å². The Morgan fingerprint density at radius 2 is 1.47 bits per heavy atom. The van der Waals surface area contributed by atoms with Gasteiger partial charge in [0.05, 0.1) is 0 Å². The summed E-state index contributed by atoms with van der Waals surface area (Å²) >= 11 is 5.78. The summed E-state index contributed by atoms with van der Waals surface area (Å²) in [5.41, 5.74) is -1.18. The number of hydrogen-bond donors (Lipinski definition) is 1.